The molecule has 1 aliphatic carbocycles. The zero-order valence-corrected chi connectivity index (χ0v) is 9.67. The van der Waals surface area contributed by atoms with Gasteiger partial charge < -0.3 is 0 Å². The molecule has 0 spiro atoms. The number of Topliss-reactive ketones (excluding diaryl/α,β-unsaturated/α-hetero) is 2. The standard InChI is InChI=1S/C13H13ClO2/c14-10-7-5-9(6-8-10)13(16)11-3-1-2-4-12(11)15/h5-8,11H,1-4H2/t11-/m0/s1. The number of hydrogen-bond acceptors (Lipinski definition) is 2. The molecule has 1 aliphatic rings. The monoisotopic (exact) mass is 236 g/mol. The van der Waals surface area contributed by atoms with Crippen LogP contribution in [0.1, 0.15) is 36.0 Å². The smallest absolute Gasteiger partial charge is 0.173 e. The third-order valence-corrected chi connectivity index (χ3v) is 3.25. The lowest BCUT2D eigenvalue weighted by atomic mass is 9.83. The molecule has 0 aromatic heterocycles. The predicted octanol–water partition coefficient (Wildman–Crippen LogP) is 3.28. The third kappa shape index (κ3) is 2.33. The Morgan fingerprint density at radius 3 is 2.50 bits per heavy atom. The Hall–Kier alpha value is -1.15. The fourth-order valence-corrected chi connectivity index (χ4v) is 2.20. The van der Waals surface area contributed by atoms with Gasteiger partial charge in [-0.25, -0.2) is 0 Å². The number of carbonyl (C=O) groups is 2. The van der Waals surface area contributed by atoms with Gasteiger partial charge in [0.25, 0.3) is 0 Å². The van der Waals surface area contributed by atoms with E-state index >= 15 is 0 Å². The van der Waals surface area contributed by atoms with Crippen molar-refractivity contribution < 1.29 is 9.59 Å². The van der Waals surface area contributed by atoms with Crippen LogP contribution < -0.4 is 0 Å². The molecule has 1 atom stereocenters. The van der Waals surface area contributed by atoms with E-state index in [0.29, 0.717) is 23.4 Å². The fraction of sp³-hybridized carbons (Fsp3) is 0.385. The highest BCUT2D eigenvalue weighted by Gasteiger charge is 2.29. The Balaban J connectivity index is 2.17. The van der Waals surface area contributed by atoms with Gasteiger partial charge in [0.1, 0.15) is 5.78 Å². The van der Waals surface area contributed by atoms with E-state index in [-0.39, 0.29) is 11.6 Å². The molecule has 1 saturated carbocycles. The van der Waals surface area contributed by atoms with Gasteiger partial charge in [-0.15, -0.1) is 0 Å². The highest BCUT2D eigenvalue weighted by molar-refractivity contribution is 6.30. The molecule has 0 unspecified atom stereocenters. The van der Waals surface area contributed by atoms with Gasteiger partial charge in [-0.3, -0.25) is 9.59 Å². The van der Waals surface area contributed by atoms with Gasteiger partial charge in [-0.1, -0.05) is 18.0 Å². The number of rotatable bonds is 2. The Morgan fingerprint density at radius 1 is 1.19 bits per heavy atom. The van der Waals surface area contributed by atoms with Crippen LogP contribution in [-0.2, 0) is 4.79 Å². The summed E-state index contributed by atoms with van der Waals surface area (Å²) in [6, 6.07) is 6.74. The van der Waals surface area contributed by atoms with Crippen LogP contribution in [0.4, 0.5) is 0 Å². The lowest BCUT2D eigenvalue weighted by Gasteiger charge is -2.19. The quantitative estimate of drug-likeness (QED) is 0.583. The summed E-state index contributed by atoms with van der Waals surface area (Å²) in [5.74, 6) is -0.387. The van der Waals surface area contributed by atoms with Crippen molar-refractivity contribution in [1.82, 2.24) is 0 Å². The first-order valence-electron chi connectivity index (χ1n) is 5.51. The van der Waals surface area contributed by atoms with Crippen molar-refractivity contribution in [2.75, 3.05) is 0 Å². The topological polar surface area (TPSA) is 34.1 Å². The minimum atomic E-state index is -0.421. The van der Waals surface area contributed by atoms with E-state index in [1.807, 2.05) is 0 Å². The molecule has 84 valence electrons. The number of benzene rings is 1. The maximum atomic E-state index is 12.1. The molecule has 3 heteroatoms. The molecule has 16 heavy (non-hydrogen) atoms. The first-order valence-corrected chi connectivity index (χ1v) is 5.89. The van der Waals surface area contributed by atoms with Gasteiger partial charge in [-0.2, -0.15) is 0 Å². The van der Waals surface area contributed by atoms with E-state index in [1.54, 1.807) is 24.3 Å². The van der Waals surface area contributed by atoms with Crippen LogP contribution in [0.15, 0.2) is 24.3 Å². The normalized spacial score (nSPS) is 20.8. The highest BCUT2D eigenvalue weighted by Crippen LogP contribution is 2.24. The van der Waals surface area contributed by atoms with E-state index in [0.717, 1.165) is 12.8 Å². The van der Waals surface area contributed by atoms with Crippen molar-refractivity contribution >= 4 is 23.2 Å². The largest absolute Gasteiger partial charge is 0.299 e. The summed E-state index contributed by atoms with van der Waals surface area (Å²) < 4.78 is 0. The van der Waals surface area contributed by atoms with Crippen LogP contribution in [0.5, 0.6) is 0 Å². The lowest BCUT2D eigenvalue weighted by molar-refractivity contribution is -0.122. The second kappa shape index (κ2) is 4.79. The fourth-order valence-electron chi connectivity index (χ4n) is 2.08. The third-order valence-electron chi connectivity index (χ3n) is 3.00. The van der Waals surface area contributed by atoms with E-state index in [9.17, 15) is 9.59 Å². The first kappa shape index (κ1) is 11.3. The summed E-state index contributed by atoms with van der Waals surface area (Å²) in [5.41, 5.74) is 0.588. The van der Waals surface area contributed by atoms with Crippen molar-refractivity contribution in [3.8, 4) is 0 Å². The summed E-state index contributed by atoms with van der Waals surface area (Å²) in [4.78, 5) is 23.7. The van der Waals surface area contributed by atoms with E-state index in [4.69, 9.17) is 11.6 Å². The van der Waals surface area contributed by atoms with E-state index < -0.39 is 5.92 Å². The van der Waals surface area contributed by atoms with Gasteiger partial charge in [0, 0.05) is 17.0 Å². The molecule has 0 saturated heterocycles. The molecule has 0 heterocycles. The van der Waals surface area contributed by atoms with Crippen molar-refractivity contribution in [3.63, 3.8) is 0 Å². The van der Waals surface area contributed by atoms with Gasteiger partial charge >= 0.3 is 0 Å². The molecule has 0 N–H and O–H groups in total. The second-order valence-corrected chi connectivity index (χ2v) is 4.57. The Kier molecular flexibility index (Phi) is 3.39. The summed E-state index contributed by atoms with van der Waals surface area (Å²) in [6.45, 7) is 0. The Morgan fingerprint density at radius 2 is 1.88 bits per heavy atom. The minimum absolute atomic E-state index is 0.0543. The molecule has 1 fully saturated rings. The number of halogens is 1. The molecule has 1 aromatic rings. The molecule has 0 amide bonds. The van der Waals surface area contributed by atoms with Crippen LogP contribution in [0.3, 0.4) is 0 Å². The Labute approximate surface area is 99.6 Å². The molecule has 2 rings (SSSR count). The maximum absolute atomic E-state index is 12.1. The number of carbonyl (C=O) groups excluding carboxylic acids is 2. The highest BCUT2D eigenvalue weighted by atomic mass is 35.5. The summed E-state index contributed by atoms with van der Waals surface area (Å²) >= 11 is 5.75. The zero-order valence-electron chi connectivity index (χ0n) is 8.91. The maximum Gasteiger partial charge on any atom is 0.173 e. The van der Waals surface area contributed by atoms with Gasteiger partial charge in [-0.05, 0) is 37.1 Å². The van der Waals surface area contributed by atoms with Crippen LogP contribution in [0.2, 0.25) is 5.02 Å². The van der Waals surface area contributed by atoms with Gasteiger partial charge in [0.2, 0.25) is 0 Å². The van der Waals surface area contributed by atoms with Crippen molar-refractivity contribution in [3.05, 3.63) is 34.9 Å². The van der Waals surface area contributed by atoms with Crippen LogP contribution >= 0.6 is 11.6 Å². The number of ketones is 2. The van der Waals surface area contributed by atoms with Gasteiger partial charge in [0.15, 0.2) is 5.78 Å². The zero-order chi connectivity index (χ0) is 11.5. The van der Waals surface area contributed by atoms with E-state index in [2.05, 4.69) is 0 Å². The summed E-state index contributed by atoms with van der Waals surface area (Å²) in [7, 11) is 0. The molecular weight excluding hydrogens is 224 g/mol. The average Bonchev–Trinajstić information content (AvgIpc) is 2.30. The van der Waals surface area contributed by atoms with Gasteiger partial charge in [0.05, 0.1) is 5.92 Å². The molecule has 0 aliphatic heterocycles. The Bertz CT molecular complexity index is 408. The molecule has 2 nitrogen and oxygen atoms in total. The first-order chi connectivity index (χ1) is 7.68. The molecular formula is C13H13ClO2. The van der Waals surface area contributed by atoms with Crippen molar-refractivity contribution in [2.45, 2.75) is 25.7 Å². The molecule has 0 radical (unpaired) electrons. The SMILES string of the molecule is O=C1CCCC[C@@H]1C(=O)c1ccc(Cl)cc1. The summed E-state index contributed by atoms with van der Waals surface area (Å²) in [5, 5.41) is 0.603. The van der Waals surface area contributed by atoms with Crippen molar-refractivity contribution in [2.24, 2.45) is 5.92 Å². The second-order valence-electron chi connectivity index (χ2n) is 4.14. The van der Waals surface area contributed by atoms with Crippen LogP contribution in [-0.4, -0.2) is 11.6 Å². The molecule has 0 bridgehead atoms. The summed E-state index contributed by atoms with van der Waals surface area (Å²) in [6.07, 6.45) is 3.13. The van der Waals surface area contributed by atoms with Crippen LogP contribution in [0.25, 0.3) is 0 Å². The average molecular weight is 237 g/mol. The van der Waals surface area contributed by atoms with Crippen molar-refractivity contribution in [1.29, 1.82) is 0 Å². The lowest BCUT2D eigenvalue weighted by Crippen LogP contribution is -2.27. The minimum Gasteiger partial charge on any atom is -0.299 e. The van der Waals surface area contributed by atoms with E-state index in [1.165, 1.54) is 0 Å². The predicted molar refractivity (Wildman–Crippen MR) is 62.7 cm³/mol. The molecule has 1 aromatic carbocycles. The number of hydrogen-bond donors (Lipinski definition) is 0. The van der Waals surface area contributed by atoms with Crippen LogP contribution in [0, 0.1) is 5.92 Å².